The molecule has 1 aromatic rings. The van der Waals surface area contributed by atoms with Crippen LogP contribution in [0.15, 0.2) is 18.2 Å². The van der Waals surface area contributed by atoms with Gasteiger partial charge in [-0.3, -0.25) is 9.59 Å². The van der Waals surface area contributed by atoms with E-state index in [-0.39, 0.29) is 42.8 Å². The van der Waals surface area contributed by atoms with Gasteiger partial charge in [-0.25, -0.2) is 0 Å². The largest absolute Gasteiger partial charge is 0.482 e. The molecule has 0 aromatic heterocycles. The van der Waals surface area contributed by atoms with Crippen LogP contribution in [0.4, 0.5) is 5.69 Å². The van der Waals surface area contributed by atoms with E-state index in [1.54, 1.807) is 32.3 Å². The predicted molar refractivity (Wildman–Crippen MR) is 101 cm³/mol. The first-order valence-electron chi connectivity index (χ1n) is 8.04. The van der Waals surface area contributed by atoms with Crippen molar-refractivity contribution in [3.8, 4) is 5.75 Å². The maximum Gasteiger partial charge on any atom is 0.259 e. The van der Waals surface area contributed by atoms with Gasteiger partial charge in [-0.1, -0.05) is 18.0 Å². The van der Waals surface area contributed by atoms with Gasteiger partial charge in [-0.15, -0.1) is 12.4 Å². The third kappa shape index (κ3) is 6.38. The van der Waals surface area contributed by atoms with E-state index in [9.17, 15) is 9.59 Å². The zero-order valence-corrected chi connectivity index (χ0v) is 16.0. The highest BCUT2D eigenvalue weighted by Crippen LogP contribution is 2.29. The Kier molecular flexibility index (Phi) is 8.48. The first kappa shape index (κ1) is 21.5. The second-order valence-corrected chi connectivity index (χ2v) is 6.74. The quantitative estimate of drug-likeness (QED) is 0.782. The second-order valence-electron chi connectivity index (χ2n) is 6.33. The number of likely N-dealkylation sites (N-methyl/N-ethyl adjacent to an activating group) is 1. The zero-order valence-electron chi connectivity index (χ0n) is 14.5. The standard InChI is InChI=1S/C17H24ClN3O3.ClH/c1-21(2)17(23)10-24-15-7-6-12(9-13(15)18)20-16(22)8-11-4-3-5-14(11)19;/h6-7,9,11,14H,3-5,8,10,19H2,1-2H3,(H,20,22);1H/t11-,14+;/m0./s1. The Morgan fingerprint density at radius 3 is 2.64 bits per heavy atom. The molecule has 0 bridgehead atoms. The predicted octanol–water partition coefficient (Wildman–Crippen LogP) is 2.68. The van der Waals surface area contributed by atoms with Crippen molar-refractivity contribution >= 4 is 41.5 Å². The van der Waals surface area contributed by atoms with Crippen molar-refractivity contribution < 1.29 is 14.3 Å². The number of benzene rings is 1. The molecule has 3 N–H and O–H groups in total. The number of nitrogens with two attached hydrogens (primary N) is 1. The molecule has 0 saturated heterocycles. The van der Waals surface area contributed by atoms with Crippen LogP contribution >= 0.6 is 24.0 Å². The highest BCUT2D eigenvalue weighted by Gasteiger charge is 2.26. The fourth-order valence-corrected chi connectivity index (χ4v) is 2.97. The van der Waals surface area contributed by atoms with Crippen LogP contribution in [0.25, 0.3) is 0 Å². The van der Waals surface area contributed by atoms with Crippen LogP contribution in [0, 0.1) is 5.92 Å². The van der Waals surface area contributed by atoms with Crippen molar-refractivity contribution in [3.05, 3.63) is 23.2 Å². The SMILES string of the molecule is CN(C)C(=O)COc1ccc(NC(=O)C[C@@H]2CCC[C@H]2N)cc1Cl.Cl. The molecule has 2 rings (SSSR count). The number of nitrogens with one attached hydrogen (secondary N) is 1. The monoisotopic (exact) mass is 389 g/mol. The van der Waals surface area contributed by atoms with Crippen LogP contribution in [0.2, 0.25) is 5.02 Å². The minimum Gasteiger partial charge on any atom is -0.482 e. The molecule has 25 heavy (non-hydrogen) atoms. The molecule has 6 nitrogen and oxygen atoms in total. The summed E-state index contributed by atoms with van der Waals surface area (Å²) in [5, 5.41) is 3.18. The van der Waals surface area contributed by atoms with Gasteiger partial charge < -0.3 is 20.7 Å². The average Bonchev–Trinajstić information content (AvgIpc) is 2.91. The van der Waals surface area contributed by atoms with Gasteiger partial charge in [0, 0.05) is 32.2 Å². The molecule has 2 amide bonds. The van der Waals surface area contributed by atoms with Gasteiger partial charge in [0.15, 0.2) is 6.61 Å². The molecule has 1 aromatic carbocycles. The van der Waals surface area contributed by atoms with E-state index in [1.165, 1.54) is 4.90 Å². The fourth-order valence-electron chi connectivity index (χ4n) is 2.73. The number of anilines is 1. The van der Waals surface area contributed by atoms with Gasteiger partial charge in [-0.2, -0.15) is 0 Å². The Balaban J connectivity index is 0.00000312. The van der Waals surface area contributed by atoms with Crippen LogP contribution in [-0.2, 0) is 9.59 Å². The van der Waals surface area contributed by atoms with Gasteiger partial charge in [-0.05, 0) is 37.0 Å². The van der Waals surface area contributed by atoms with E-state index in [2.05, 4.69) is 5.32 Å². The van der Waals surface area contributed by atoms with E-state index in [4.69, 9.17) is 22.1 Å². The second kappa shape index (κ2) is 9.85. The molecule has 1 aliphatic rings. The minimum atomic E-state index is -0.156. The lowest BCUT2D eigenvalue weighted by atomic mass is 10.00. The summed E-state index contributed by atoms with van der Waals surface area (Å²) in [7, 11) is 3.31. The third-order valence-corrected chi connectivity index (χ3v) is 4.53. The molecule has 0 heterocycles. The minimum absolute atomic E-state index is 0. The first-order valence-corrected chi connectivity index (χ1v) is 8.42. The Bertz CT molecular complexity index is 611. The molecule has 140 valence electrons. The Labute approximate surface area is 159 Å². The summed E-state index contributed by atoms with van der Waals surface area (Å²) in [6.45, 7) is -0.0853. The average molecular weight is 390 g/mol. The number of rotatable bonds is 6. The normalized spacial score (nSPS) is 19.0. The van der Waals surface area contributed by atoms with Gasteiger partial charge in [0.1, 0.15) is 5.75 Å². The van der Waals surface area contributed by atoms with Crippen molar-refractivity contribution in [3.63, 3.8) is 0 Å². The highest BCUT2D eigenvalue weighted by atomic mass is 35.5. The highest BCUT2D eigenvalue weighted by molar-refractivity contribution is 6.32. The van der Waals surface area contributed by atoms with E-state index in [1.807, 2.05) is 0 Å². The zero-order chi connectivity index (χ0) is 17.7. The van der Waals surface area contributed by atoms with Crippen LogP contribution < -0.4 is 15.8 Å². The molecule has 2 atom stereocenters. The lowest BCUT2D eigenvalue weighted by Gasteiger charge is -2.15. The third-order valence-electron chi connectivity index (χ3n) is 4.23. The smallest absolute Gasteiger partial charge is 0.259 e. The number of ether oxygens (including phenoxy) is 1. The van der Waals surface area contributed by atoms with E-state index >= 15 is 0 Å². The molecule has 8 heteroatoms. The van der Waals surface area contributed by atoms with Crippen LogP contribution in [0.3, 0.4) is 0 Å². The summed E-state index contributed by atoms with van der Waals surface area (Å²) in [5.41, 5.74) is 6.59. The van der Waals surface area contributed by atoms with Crippen molar-refractivity contribution in [1.29, 1.82) is 0 Å². The van der Waals surface area contributed by atoms with E-state index in [0.717, 1.165) is 19.3 Å². The fraction of sp³-hybridized carbons (Fsp3) is 0.529. The number of nitrogens with zero attached hydrogens (tertiary/aromatic N) is 1. The molecule has 1 aliphatic carbocycles. The van der Waals surface area contributed by atoms with E-state index < -0.39 is 0 Å². The van der Waals surface area contributed by atoms with Crippen molar-refractivity contribution in [2.45, 2.75) is 31.7 Å². The Hall–Kier alpha value is -1.50. The molecule has 0 spiro atoms. The molecule has 0 radical (unpaired) electrons. The van der Waals surface area contributed by atoms with Crippen LogP contribution in [0.5, 0.6) is 5.75 Å². The lowest BCUT2D eigenvalue weighted by molar-refractivity contribution is -0.130. The van der Waals surface area contributed by atoms with Crippen molar-refractivity contribution in [2.75, 3.05) is 26.0 Å². The lowest BCUT2D eigenvalue weighted by Crippen LogP contribution is -2.28. The molecule has 1 fully saturated rings. The van der Waals surface area contributed by atoms with E-state index in [0.29, 0.717) is 22.9 Å². The summed E-state index contributed by atoms with van der Waals surface area (Å²) in [4.78, 5) is 25.1. The molecular formula is C17H25Cl2N3O3. The molecule has 1 saturated carbocycles. The van der Waals surface area contributed by atoms with Gasteiger partial charge >= 0.3 is 0 Å². The number of carbonyl (C=O) groups excluding carboxylic acids is 2. The summed E-state index contributed by atoms with van der Waals surface area (Å²) < 4.78 is 5.39. The van der Waals surface area contributed by atoms with Crippen LogP contribution in [0.1, 0.15) is 25.7 Å². The topological polar surface area (TPSA) is 84.7 Å². The first-order chi connectivity index (χ1) is 11.4. The summed E-state index contributed by atoms with van der Waals surface area (Å²) >= 11 is 6.15. The Morgan fingerprint density at radius 2 is 2.08 bits per heavy atom. The number of amides is 2. The number of hydrogen-bond donors (Lipinski definition) is 2. The van der Waals surface area contributed by atoms with Crippen LogP contribution in [-0.4, -0.2) is 43.5 Å². The molecule has 0 aliphatic heterocycles. The maximum absolute atomic E-state index is 12.1. The van der Waals surface area contributed by atoms with Gasteiger partial charge in [0.25, 0.3) is 5.91 Å². The van der Waals surface area contributed by atoms with Gasteiger partial charge in [0.05, 0.1) is 5.02 Å². The summed E-state index contributed by atoms with van der Waals surface area (Å²) in [5.74, 6) is 0.434. The maximum atomic E-state index is 12.1. The molecule has 0 unspecified atom stereocenters. The van der Waals surface area contributed by atoms with Crippen molar-refractivity contribution in [2.24, 2.45) is 11.7 Å². The number of halogens is 2. The Morgan fingerprint density at radius 1 is 1.36 bits per heavy atom. The van der Waals surface area contributed by atoms with Gasteiger partial charge in [0.2, 0.25) is 5.91 Å². The number of carbonyl (C=O) groups is 2. The number of hydrogen-bond acceptors (Lipinski definition) is 4. The van der Waals surface area contributed by atoms with Crippen molar-refractivity contribution in [1.82, 2.24) is 4.90 Å². The summed E-state index contributed by atoms with van der Waals surface area (Å²) in [6, 6.07) is 5.07. The summed E-state index contributed by atoms with van der Waals surface area (Å²) in [6.07, 6.45) is 3.50. The molecular weight excluding hydrogens is 365 g/mol.